The summed E-state index contributed by atoms with van der Waals surface area (Å²) < 4.78 is 0. The maximum absolute atomic E-state index is 12.8. The van der Waals surface area contributed by atoms with Crippen LogP contribution in [0, 0.1) is 5.92 Å². The average Bonchev–Trinajstić information content (AvgIpc) is 2.90. The van der Waals surface area contributed by atoms with Crippen molar-refractivity contribution in [3.63, 3.8) is 0 Å². The lowest BCUT2D eigenvalue weighted by atomic mass is 9.95. The molecule has 0 spiro atoms. The fraction of sp³-hybridized carbons (Fsp3) is 0.367. The van der Waals surface area contributed by atoms with Crippen molar-refractivity contribution in [3.8, 4) is 0 Å². The van der Waals surface area contributed by atoms with E-state index in [0.29, 0.717) is 6.54 Å². The van der Waals surface area contributed by atoms with Gasteiger partial charge in [-0.3, -0.25) is 14.6 Å². The largest absolute Gasteiger partial charge is 0.352 e. The molecule has 0 aliphatic carbocycles. The zero-order valence-electron chi connectivity index (χ0n) is 20.3. The van der Waals surface area contributed by atoms with Gasteiger partial charge in [0.2, 0.25) is 5.91 Å². The first kappa shape index (κ1) is 24.1. The Morgan fingerprint density at radius 3 is 2.09 bits per heavy atom. The van der Waals surface area contributed by atoms with E-state index < -0.39 is 0 Å². The Morgan fingerprint density at radius 2 is 1.37 bits per heavy atom. The van der Waals surface area contributed by atoms with Gasteiger partial charge in [-0.1, -0.05) is 72.3 Å². The third kappa shape index (κ3) is 6.52. The molecule has 5 heteroatoms. The number of carbonyl (C=O) groups excluding carboxylic acids is 1. The summed E-state index contributed by atoms with van der Waals surface area (Å²) in [5.74, 6) is 0.296. The highest BCUT2D eigenvalue weighted by molar-refractivity contribution is 6.30. The average molecular weight is 488 g/mol. The van der Waals surface area contributed by atoms with Crippen LogP contribution in [0.1, 0.15) is 40.7 Å². The van der Waals surface area contributed by atoms with Gasteiger partial charge in [-0.25, -0.2) is 0 Å². The standard InChI is InChI=1S/C30H34ClN3O/c31-29-11-9-25(10-12-29)20-33-16-14-27(15-17-33)30(35)32-19-23-5-7-24(8-6-23)21-34-18-13-26-3-1-2-4-28(26)22-34/h1-12,27H,13-22H2,(H,32,35). The van der Waals surface area contributed by atoms with Gasteiger partial charge in [0.25, 0.3) is 0 Å². The van der Waals surface area contributed by atoms with Gasteiger partial charge in [0, 0.05) is 43.7 Å². The maximum Gasteiger partial charge on any atom is 0.223 e. The lowest BCUT2D eigenvalue weighted by molar-refractivity contribution is -0.126. The van der Waals surface area contributed by atoms with Crippen LogP contribution in [0.2, 0.25) is 5.02 Å². The van der Waals surface area contributed by atoms with Crippen molar-refractivity contribution in [2.24, 2.45) is 5.92 Å². The molecule has 3 aromatic rings. The highest BCUT2D eigenvalue weighted by Crippen LogP contribution is 2.22. The van der Waals surface area contributed by atoms with E-state index in [0.717, 1.165) is 69.1 Å². The number of carbonyl (C=O) groups is 1. The van der Waals surface area contributed by atoms with E-state index in [1.165, 1.54) is 22.3 Å². The monoisotopic (exact) mass is 487 g/mol. The smallest absolute Gasteiger partial charge is 0.223 e. The molecule has 0 atom stereocenters. The number of nitrogens with zero attached hydrogens (tertiary/aromatic N) is 2. The molecule has 0 aromatic heterocycles. The van der Waals surface area contributed by atoms with Gasteiger partial charge in [-0.15, -0.1) is 0 Å². The highest BCUT2D eigenvalue weighted by atomic mass is 35.5. The first-order valence-electron chi connectivity index (χ1n) is 12.7. The number of benzene rings is 3. The van der Waals surface area contributed by atoms with Crippen molar-refractivity contribution >= 4 is 17.5 Å². The van der Waals surface area contributed by atoms with E-state index in [1.807, 2.05) is 12.1 Å². The second-order valence-corrected chi connectivity index (χ2v) is 10.4. The van der Waals surface area contributed by atoms with Crippen molar-refractivity contribution in [2.75, 3.05) is 19.6 Å². The van der Waals surface area contributed by atoms with E-state index >= 15 is 0 Å². The summed E-state index contributed by atoms with van der Waals surface area (Å²) in [6.07, 6.45) is 2.95. The summed E-state index contributed by atoms with van der Waals surface area (Å²) >= 11 is 5.98. The van der Waals surface area contributed by atoms with Crippen LogP contribution in [0.3, 0.4) is 0 Å². The molecular weight excluding hydrogens is 454 g/mol. The summed E-state index contributed by atoms with van der Waals surface area (Å²) in [5.41, 5.74) is 6.69. The normalized spacial score (nSPS) is 17.2. The van der Waals surface area contributed by atoms with E-state index in [4.69, 9.17) is 11.6 Å². The Hall–Kier alpha value is -2.66. The van der Waals surface area contributed by atoms with Crippen LogP contribution in [0.4, 0.5) is 0 Å². The second kappa shape index (κ2) is 11.4. The number of halogens is 1. The molecule has 1 fully saturated rings. The molecule has 5 rings (SSSR count). The van der Waals surface area contributed by atoms with Gasteiger partial charge < -0.3 is 5.32 Å². The van der Waals surface area contributed by atoms with Crippen LogP contribution in [0.15, 0.2) is 72.8 Å². The number of likely N-dealkylation sites (tertiary alicyclic amines) is 1. The van der Waals surface area contributed by atoms with Gasteiger partial charge >= 0.3 is 0 Å². The third-order valence-electron chi connectivity index (χ3n) is 7.38. The van der Waals surface area contributed by atoms with Crippen molar-refractivity contribution in [2.45, 2.75) is 45.4 Å². The predicted molar refractivity (Wildman–Crippen MR) is 142 cm³/mol. The Balaban J connectivity index is 1.04. The Bertz CT molecular complexity index is 1120. The SMILES string of the molecule is O=C(NCc1ccc(CN2CCc3ccccc3C2)cc1)C1CCN(Cc2ccc(Cl)cc2)CC1. The molecule has 3 aromatic carbocycles. The molecule has 2 aliphatic rings. The molecule has 4 nitrogen and oxygen atoms in total. The number of hydrogen-bond donors (Lipinski definition) is 1. The minimum absolute atomic E-state index is 0.109. The third-order valence-corrected chi connectivity index (χ3v) is 7.64. The van der Waals surface area contributed by atoms with E-state index in [2.05, 4.69) is 75.8 Å². The Morgan fingerprint density at radius 1 is 0.771 bits per heavy atom. The lowest BCUT2D eigenvalue weighted by Crippen LogP contribution is -2.40. The Labute approximate surface area is 213 Å². The van der Waals surface area contributed by atoms with Crippen molar-refractivity contribution in [1.29, 1.82) is 0 Å². The molecule has 35 heavy (non-hydrogen) atoms. The van der Waals surface area contributed by atoms with Crippen molar-refractivity contribution in [1.82, 2.24) is 15.1 Å². The van der Waals surface area contributed by atoms with Crippen LogP contribution in [-0.2, 0) is 37.4 Å². The number of piperidine rings is 1. The fourth-order valence-corrected chi connectivity index (χ4v) is 5.37. The molecule has 2 aliphatic heterocycles. The maximum atomic E-state index is 12.8. The van der Waals surface area contributed by atoms with Gasteiger partial charge in [-0.05, 0) is 72.3 Å². The molecule has 1 N–H and O–H groups in total. The Kier molecular flexibility index (Phi) is 7.82. The number of nitrogens with one attached hydrogen (secondary N) is 1. The molecular formula is C30H34ClN3O. The molecule has 182 valence electrons. The van der Waals surface area contributed by atoms with Gasteiger partial charge in [-0.2, -0.15) is 0 Å². The number of hydrogen-bond acceptors (Lipinski definition) is 3. The first-order valence-corrected chi connectivity index (χ1v) is 13.1. The van der Waals surface area contributed by atoms with Crippen LogP contribution < -0.4 is 5.32 Å². The van der Waals surface area contributed by atoms with Crippen LogP contribution in [0.25, 0.3) is 0 Å². The number of fused-ring (bicyclic) bond motifs is 1. The van der Waals surface area contributed by atoms with Gasteiger partial charge in [0.1, 0.15) is 0 Å². The first-order chi connectivity index (χ1) is 17.1. The quantitative estimate of drug-likeness (QED) is 0.483. The van der Waals surface area contributed by atoms with Crippen LogP contribution in [0.5, 0.6) is 0 Å². The summed E-state index contributed by atoms with van der Waals surface area (Å²) in [4.78, 5) is 17.7. The lowest BCUT2D eigenvalue weighted by Gasteiger charge is -2.31. The molecule has 0 unspecified atom stereocenters. The van der Waals surface area contributed by atoms with E-state index in [9.17, 15) is 4.79 Å². The van der Waals surface area contributed by atoms with Crippen LogP contribution in [-0.4, -0.2) is 35.3 Å². The summed E-state index contributed by atoms with van der Waals surface area (Å²) in [6.45, 7) is 6.52. The fourth-order valence-electron chi connectivity index (χ4n) is 5.24. The molecule has 1 saturated heterocycles. The zero-order valence-corrected chi connectivity index (χ0v) is 21.0. The van der Waals surface area contributed by atoms with E-state index in [1.54, 1.807) is 0 Å². The van der Waals surface area contributed by atoms with Gasteiger partial charge in [0.15, 0.2) is 0 Å². The second-order valence-electron chi connectivity index (χ2n) is 9.94. The van der Waals surface area contributed by atoms with Crippen LogP contribution >= 0.6 is 11.6 Å². The predicted octanol–water partition coefficient (Wildman–Crippen LogP) is 5.43. The van der Waals surface area contributed by atoms with Crippen molar-refractivity contribution in [3.05, 3.63) is 106 Å². The minimum atomic E-state index is 0.109. The molecule has 0 bridgehead atoms. The number of rotatable bonds is 7. The number of amides is 1. The molecule has 0 radical (unpaired) electrons. The molecule has 2 heterocycles. The van der Waals surface area contributed by atoms with Gasteiger partial charge in [0.05, 0.1) is 0 Å². The molecule has 1 amide bonds. The minimum Gasteiger partial charge on any atom is -0.352 e. The topological polar surface area (TPSA) is 35.6 Å². The summed E-state index contributed by atoms with van der Waals surface area (Å²) in [5, 5.41) is 3.94. The molecule has 0 saturated carbocycles. The zero-order chi connectivity index (χ0) is 24.0. The summed E-state index contributed by atoms with van der Waals surface area (Å²) in [7, 11) is 0. The van der Waals surface area contributed by atoms with E-state index in [-0.39, 0.29) is 11.8 Å². The van der Waals surface area contributed by atoms with Crippen molar-refractivity contribution < 1.29 is 4.79 Å². The highest BCUT2D eigenvalue weighted by Gasteiger charge is 2.24. The summed E-state index contributed by atoms with van der Waals surface area (Å²) in [6, 6.07) is 25.5.